The molecule has 0 spiro atoms. The van der Waals surface area contributed by atoms with Crippen LogP contribution in [0.5, 0.6) is 0 Å². The summed E-state index contributed by atoms with van der Waals surface area (Å²) in [5.41, 5.74) is 0. The van der Waals surface area contributed by atoms with E-state index < -0.39 is 8.07 Å². The summed E-state index contributed by atoms with van der Waals surface area (Å²) in [5, 5.41) is 5.53. The smallest absolute Gasteiger partial charge is 0.0882 e. The average molecular weight is 202 g/mol. The van der Waals surface area contributed by atoms with Crippen molar-refractivity contribution in [2.24, 2.45) is 0 Å². The molecule has 0 nitrogen and oxygen atoms in total. The minimum atomic E-state index is -1.22. The van der Waals surface area contributed by atoms with E-state index in [4.69, 9.17) is 0 Å². The van der Waals surface area contributed by atoms with Crippen LogP contribution in [0.2, 0.25) is 6.55 Å². The second kappa shape index (κ2) is 2.96. The molecule has 0 aromatic rings. The van der Waals surface area contributed by atoms with E-state index in [-0.39, 0.29) is 0 Å². The summed E-state index contributed by atoms with van der Waals surface area (Å²) in [6.45, 7) is 2.59. The zero-order valence-electron chi connectivity index (χ0n) is 8.97. The Morgan fingerprint density at radius 3 is 1.21 bits per heavy atom. The lowest BCUT2D eigenvalue weighted by atomic mass is 10.1. The molecule has 0 aliphatic heterocycles. The molecule has 0 amide bonds. The molecule has 0 atom stereocenters. The van der Waals surface area contributed by atoms with Gasteiger partial charge in [-0.15, -0.1) is 0 Å². The molecule has 3 aliphatic rings. The second-order valence-electron chi connectivity index (χ2n) is 4.93. The number of hydrogen-bond acceptors (Lipinski definition) is 0. The highest BCUT2D eigenvalue weighted by molar-refractivity contribution is 6.98. The minimum absolute atomic E-state index is 1.22. The molecule has 0 aromatic heterocycles. The van der Waals surface area contributed by atoms with Crippen LogP contribution >= 0.6 is 0 Å². The van der Waals surface area contributed by atoms with Gasteiger partial charge >= 0.3 is 0 Å². The van der Waals surface area contributed by atoms with E-state index in [1.165, 1.54) is 38.5 Å². The Kier molecular flexibility index (Phi) is 1.85. The standard InChI is InChI=1S/C13H18Si/c1-14(11-5-2-6-11,12-7-3-8-12)13-9-4-10-13/h5,7,9H,2-4,6,8,10H2,1H3. The van der Waals surface area contributed by atoms with Crippen LogP contribution in [0.15, 0.2) is 33.8 Å². The van der Waals surface area contributed by atoms with Crippen molar-refractivity contribution in [3.05, 3.63) is 33.8 Å². The quantitative estimate of drug-likeness (QED) is 0.610. The normalized spacial score (nSPS) is 25.1. The van der Waals surface area contributed by atoms with Crippen LogP contribution < -0.4 is 0 Å². The maximum Gasteiger partial charge on any atom is 0.131 e. The molecule has 0 unspecified atom stereocenters. The zero-order valence-corrected chi connectivity index (χ0v) is 9.97. The first-order valence-corrected chi connectivity index (χ1v) is 8.40. The van der Waals surface area contributed by atoms with E-state index >= 15 is 0 Å². The highest BCUT2D eigenvalue weighted by Crippen LogP contribution is 2.46. The van der Waals surface area contributed by atoms with Gasteiger partial charge in [0.25, 0.3) is 0 Å². The van der Waals surface area contributed by atoms with E-state index in [0.29, 0.717) is 0 Å². The second-order valence-corrected chi connectivity index (χ2v) is 9.11. The van der Waals surface area contributed by atoms with Crippen molar-refractivity contribution in [3.63, 3.8) is 0 Å². The van der Waals surface area contributed by atoms with Gasteiger partial charge in [0, 0.05) is 0 Å². The third-order valence-electron chi connectivity index (χ3n) is 4.34. The molecule has 74 valence electrons. The van der Waals surface area contributed by atoms with Gasteiger partial charge in [0.1, 0.15) is 8.07 Å². The average Bonchev–Trinajstić information content (AvgIpc) is 1.69. The molecule has 0 radical (unpaired) electrons. The largest absolute Gasteiger partial charge is 0.131 e. The number of hydrogen-bond donors (Lipinski definition) is 0. The molecular weight excluding hydrogens is 184 g/mol. The Morgan fingerprint density at radius 2 is 1.07 bits per heavy atom. The molecule has 0 N–H and O–H groups in total. The van der Waals surface area contributed by atoms with Gasteiger partial charge in [-0.25, -0.2) is 0 Å². The van der Waals surface area contributed by atoms with Gasteiger partial charge in [-0.05, 0) is 38.5 Å². The van der Waals surface area contributed by atoms with Gasteiger partial charge in [0.2, 0.25) is 0 Å². The lowest BCUT2D eigenvalue weighted by Gasteiger charge is -2.43. The predicted octanol–water partition coefficient (Wildman–Crippen LogP) is 3.84. The molecule has 3 rings (SSSR count). The summed E-state index contributed by atoms with van der Waals surface area (Å²) in [6, 6.07) is 0. The minimum Gasteiger partial charge on any atom is -0.0882 e. The molecule has 0 fully saturated rings. The van der Waals surface area contributed by atoms with Crippen LogP contribution in [0.1, 0.15) is 38.5 Å². The first-order chi connectivity index (χ1) is 6.82. The molecule has 0 aromatic carbocycles. The maximum absolute atomic E-state index is 2.59. The highest BCUT2D eigenvalue weighted by Gasteiger charge is 2.42. The molecule has 1 heteroatoms. The van der Waals surface area contributed by atoms with Crippen molar-refractivity contribution < 1.29 is 0 Å². The summed E-state index contributed by atoms with van der Waals surface area (Å²) >= 11 is 0. The number of rotatable bonds is 3. The van der Waals surface area contributed by atoms with Crippen molar-refractivity contribution in [1.82, 2.24) is 0 Å². The molecule has 0 saturated carbocycles. The third-order valence-corrected chi connectivity index (χ3v) is 9.56. The fourth-order valence-corrected chi connectivity index (χ4v) is 7.68. The molecule has 3 aliphatic carbocycles. The van der Waals surface area contributed by atoms with Gasteiger partial charge in [-0.1, -0.05) is 40.4 Å². The van der Waals surface area contributed by atoms with E-state index in [2.05, 4.69) is 24.8 Å². The Morgan fingerprint density at radius 1 is 0.786 bits per heavy atom. The van der Waals surface area contributed by atoms with Crippen molar-refractivity contribution in [3.8, 4) is 0 Å². The summed E-state index contributed by atoms with van der Waals surface area (Å²) in [6.07, 6.45) is 15.8. The molecule has 0 bridgehead atoms. The Bertz CT molecular complexity index is 302. The first kappa shape index (κ1) is 8.72. The number of allylic oxidation sites excluding steroid dienone is 6. The van der Waals surface area contributed by atoms with Crippen LogP contribution in [0, 0.1) is 0 Å². The summed E-state index contributed by atoms with van der Waals surface area (Å²) in [5.74, 6) is 0. The lowest BCUT2D eigenvalue weighted by Crippen LogP contribution is -2.44. The first-order valence-electron chi connectivity index (χ1n) is 5.90. The van der Waals surface area contributed by atoms with Crippen LogP contribution in [0.25, 0.3) is 0 Å². The molecule has 0 saturated heterocycles. The van der Waals surface area contributed by atoms with Crippen LogP contribution in [0.3, 0.4) is 0 Å². The zero-order chi connectivity index (χ0) is 9.60. The van der Waals surface area contributed by atoms with Crippen molar-refractivity contribution in [2.45, 2.75) is 45.1 Å². The summed E-state index contributed by atoms with van der Waals surface area (Å²) in [4.78, 5) is 0. The molecular formula is C13H18Si. The van der Waals surface area contributed by atoms with Gasteiger partial charge in [0.15, 0.2) is 0 Å². The molecule has 14 heavy (non-hydrogen) atoms. The van der Waals surface area contributed by atoms with Crippen molar-refractivity contribution in [1.29, 1.82) is 0 Å². The van der Waals surface area contributed by atoms with Crippen molar-refractivity contribution >= 4 is 8.07 Å². The van der Waals surface area contributed by atoms with Gasteiger partial charge in [-0.3, -0.25) is 0 Å². The Balaban J connectivity index is 2.00. The summed E-state index contributed by atoms with van der Waals surface area (Å²) in [7, 11) is -1.22. The van der Waals surface area contributed by atoms with Crippen LogP contribution in [-0.2, 0) is 0 Å². The fourth-order valence-electron chi connectivity index (χ4n) is 2.85. The van der Waals surface area contributed by atoms with Crippen LogP contribution in [0.4, 0.5) is 0 Å². The SMILES string of the molecule is C[Si](C1=CCC1)(C1=CCC1)C1=CCC1. The van der Waals surface area contributed by atoms with Crippen molar-refractivity contribution in [2.75, 3.05) is 0 Å². The third kappa shape index (κ3) is 0.992. The lowest BCUT2D eigenvalue weighted by molar-refractivity contribution is 0.861. The Labute approximate surface area is 87.4 Å². The predicted molar refractivity (Wildman–Crippen MR) is 63.6 cm³/mol. The van der Waals surface area contributed by atoms with E-state index in [0.717, 1.165) is 0 Å². The van der Waals surface area contributed by atoms with Gasteiger partial charge in [-0.2, -0.15) is 0 Å². The Hall–Kier alpha value is -0.563. The summed E-state index contributed by atoms with van der Waals surface area (Å²) < 4.78 is 0. The molecule has 0 heterocycles. The maximum atomic E-state index is 2.59. The van der Waals surface area contributed by atoms with E-state index in [9.17, 15) is 0 Å². The van der Waals surface area contributed by atoms with Gasteiger partial charge in [0.05, 0.1) is 0 Å². The fraction of sp³-hybridized carbons (Fsp3) is 0.538. The van der Waals surface area contributed by atoms with Crippen LogP contribution in [-0.4, -0.2) is 8.07 Å². The van der Waals surface area contributed by atoms with E-state index in [1.807, 2.05) is 15.6 Å². The van der Waals surface area contributed by atoms with Gasteiger partial charge < -0.3 is 0 Å². The topological polar surface area (TPSA) is 0 Å². The van der Waals surface area contributed by atoms with E-state index in [1.54, 1.807) is 0 Å². The highest BCUT2D eigenvalue weighted by atomic mass is 28.3. The monoisotopic (exact) mass is 202 g/mol.